The van der Waals surface area contributed by atoms with E-state index in [9.17, 15) is 19.2 Å². The summed E-state index contributed by atoms with van der Waals surface area (Å²) < 4.78 is 15.4. The van der Waals surface area contributed by atoms with E-state index in [0.717, 1.165) is 0 Å². The number of amides is 4. The molecule has 4 amide bonds. The molecule has 0 unspecified atom stereocenters. The zero-order valence-electron chi connectivity index (χ0n) is 13.8. The second-order valence-electron chi connectivity index (χ2n) is 4.78. The molecule has 0 aromatic heterocycles. The van der Waals surface area contributed by atoms with Crippen LogP contribution in [0.2, 0.25) is 0 Å². The first-order valence-corrected chi connectivity index (χ1v) is 7.23. The van der Waals surface area contributed by atoms with E-state index in [1.54, 1.807) is 6.92 Å². The number of ether oxygens (including phenoxy) is 3. The third-order valence-electron chi connectivity index (χ3n) is 3.30. The zero-order valence-corrected chi connectivity index (χ0v) is 13.8. The second-order valence-corrected chi connectivity index (χ2v) is 4.78. The monoisotopic (exact) mass is 348 g/mol. The van der Waals surface area contributed by atoms with Crippen molar-refractivity contribution in [2.75, 3.05) is 20.8 Å². The number of hydrogen-bond donors (Lipinski definition) is 2. The summed E-state index contributed by atoms with van der Waals surface area (Å²) in [5, 5.41) is 3.91. The molecule has 1 heterocycles. The predicted octanol–water partition coefficient (Wildman–Crippen LogP) is 0.630. The molecular weight excluding hydrogens is 332 g/mol. The summed E-state index contributed by atoms with van der Waals surface area (Å²) in [6, 6.07) is 2.07. The number of hydrogen-bond acceptors (Lipinski definition) is 7. The molecule has 2 N–H and O–H groups in total. The Morgan fingerprint density at radius 3 is 2.24 bits per heavy atom. The molecule has 1 aliphatic heterocycles. The van der Waals surface area contributed by atoms with Crippen LogP contribution in [0.15, 0.2) is 17.7 Å². The summed E-state index contributed by atoms with van der Waals surface area (Å²) in [5.41, 5.74) is -0.142. The molecule has 0 radical (unpaired) electrons. The van der Waals surface area contributed by atoms with Gasteiger partial charge in [0.2, 0.25) is 0 Å². The van der Waals surface area contributed by atoms with Crippen LogP contribution >= 0.6 is 0 Å². The van der Waals surface area contributed by atoms with Crippen LogP contribution in [0.1, 0.15) is 22.8 Å². The van der Waals surface area contributed by atoms with E-state index < -0.39 is 23.8 Å². The van der Waals surface area contributed by atoms with Crippen molar-refractivity contribution in [3.8, 4) is 11.5 Å². The van der Waals surface area contributed by atoms with Crippen molar-refractivity contribution in [2.24, 2.45) is 0 Å². The summed E-state index contributed by atoms with van der Waals surface area (Å²) >= 11 is 0. The van der Waals surface area contributed by atoms with Crippen LogP contribution in [0.4, 0.5) is 4.79 Å². The first-order chi connectivity index (χ1) is 11.9. The summed E-state index contributed by atoms with van der Waals surface area (Å²) in [4.78, 5) is 47.2. The van der Waals surface area contributed by atoms with Gasteiger partial charge in [0.15, 0.2) is 11.5 Å². The fraction of sp³-hybridized carbons (Fsp3) is 0.250. The van der Waals surface area contributed by atoms with Gasteiger partial charge < -0.3 is 14.2 Å². The van der Waals surface area contributed by atoms with Crippen molar-refractivity contribution in [1.82, 2.24) is 10.6 Å². The van der Waals surface area contributed by atoms with Crippen LogP contribution < -0.4 is 20.1 Å². The quantitative estimate of drug-likeness (QED) is 0.455. The number of benzene rings is 1. The molecule has 0 bridgehead atoms. The topological polar surface area (TPSA) is 120 Å². The van der Waals surface area contributed by atoms with Crippen molar-refractivity contribution in [1.29, 1.82) is 0 Å². The Labute approximate surface area is 142 Å². The lowest BCUT2D eigenvalue weighted by molar-refractivity contribution is -0.123. The number of carbonyl (C=O) groups excluding carboxylic acids is 4. The Morgan fingerprint density at radius 1 is 1.08 bits per heavy atom. The van der Waals surface area contributed by atoms with Crippen LogP contribution in [-0.2, 0) is 14.3 Å². The highest BCUT2D eigenvalue weighted by Gasteiger charge is 2.29. The molecule has 25 heavy (non-hydrogen) atoms. The lowest BCUT2D eigenvalue weighted by atomic mass is 10.0. The summed E-state index contributed by atoms with van der Waals surface area (Å²) in [6.07, 6.45) is 1.17. The Balaban J connectivity index is 2.62. The lowest BCUT2D eigenvalue weighted by Crippen LogP contribution is -2.51. The van der Waals surface area contributed by atoms with Gasteiger partial charge in [0.1, 0.15) is 11.1 Å². The van der Waals surface area contributed by atoms with Crippen LogP contribution in [0, 0.1) is 0 Å². The molecule has 2 rings (SSSR count). The Hall–Kier alpha value is -3.36. The minimum absolute atomic E-state index is 0.00583. The van der Waals surface area contributed by atoms with Gasteiger partial charge in [0, 0.05) is 0 Å². The molecule has 0 aliphatic carbocycles. The van der Waals surface area contributed by atoms with Gasteiger partial charge >= 0.3 is 12.0 Å². The van der Waals surface area contributed by atoms with Crippen molar-refractivity contribution < 1.29 is 33.4 Å². The molecule has 1 aromatic carbocycles. The van der Waals surface area contributed by atoms with Gasteiger partial charge in [-0.25, -0.2) is 9.59 Å². The summed E-state index contributed by atoms with van der Waals surface area (Å²) in [6.45, 7) is 1.75. The van der Waals surface area contributed by atoms with Gasteiger partial charge in [0.05, 0.1) is 20.8 Å². The van der Waals surface area contributed by atoms with Crippen LogP contribution in [0.3, 0.4) is 0 Å². The van der Waals surface area contributed by atoms with Gasteiger partial charge in [-0.2, -0.15) is 0 Å². The Bertz CT molecular complexity index is 761. The average molecular weight is 348 g/mol. The van der Waals surface area contributed by atoms with Crippen LogP contribution in [-0.4, -0.2) is 44.6 Å². The Morgan fingerprint density at radius 2 is 1.72 bits per heavy atom. The maximum atomic E-state index is 12.3. The number of nitrogens with one attached hydrogen (secondary N) is 2. The minimum Gasteiger partial charge on any atom is -0.493 e. The SMILES string of the molecule is CCOC(=O)c1c(C=C2C(=O)NC(=O)NC2=O)ccc(OC)c1OC. The summed E-state index contributed by atoms with van der Waals surface area (Å²) in [7, 11) is 2.74. The third-order valence-corrected chi connectivity index (χ3v) is 3.30. The van der Waals surface area contributed by atoms with Crippen molar-refractivity contribution >= 4 is 29.9 Å². The zero-order chi connectivity index (χ0) is 18.6. The highest BCUT2D eigenvalue weighted by molar-refractivity contribution is 6.31. The van der Waals surface area contributed by atoms with E-state index in [-0.39, 0.29) is 34.8 Å². The number of rotatable bonds is 5. The molecule has 1 aromatic rings. The van der Waals surface area contributed by atoms with Gasteiger partial charge in [-0.3, -0.25) is 20.2 Å². The molecule has 0 spiro atoms. The van der Waals surface area contributed by atoms with E-state index >= 15 is 0 Å². The standard InChI is InChI=1S/C16H16N2O7/c1-4-25-15(21)11-8(5-6-10(23-2)12(11)24-3)7-9-13(19)17-16(22)18-14(9)20/h5-7H,4H2,1-3H3,(H2,17,18,19,20,22). The normalized spacial score (nSPS) is 13.7. The van der Waals surface area contributed by atoms with Crippen molar-refractivity contribution in [3.63, 3.8) is 0 Å². The average Bonchev–Trinajstić information content (AvgIpc) is 2.57. The largest absolute Gasteiger partial charge is 0.493 e. The molecule has 0 atom stereocenters. The van der Waals surface area contributed by atoms with E-state index in [1.165, 1.54) is 32.4 Å². The van der Waals surface area contributed by atoms with E-state index in [2.05, 4.69) is 0 Å². The fourth-order valence-electron chi connectivity index (χ4n) is 2.24. The highest BCUT2D eigenvalue weighted by Crippen LogP contribution is 2.35. The molecular formula is C16H16N2O7. The van der Waals surface area contributed by atoms with Gasteiger partial charge in [0.25, 0.3) is 11.8 Å². The smallest absolute Gasteiger partial charge is 0.342 e. The maximum Gasteiger partial charge on any atom is 0.342 e. The van der Waals surface area contributed by atoms with Gasteiger partial charge in [-0.15, -0.1) is 0 Å². The molecule has 1 aliphatic rings. The van der Waals surface area contributed by atoms with E-state index in [4.69, 9.17) is 14.2 Å². The maximum absolute atomic E-state index is 12.3. The number of barbiturate groups is 1. The number of methoxy groups -OCH3 is 2. The number of urea groups is 1. The second kappa shape index (κ2) is 7.47. The Kier molecular flexibility index (Phi) is 5.38. The van der Waals surface area contributed by atoms with Gasteiger partial charge in [-0.05, 0) is 24.6 Å². The molecule has 0 saturated carbocycles. The van der Waals surface area contributed by atoms with E-state index in [1.807, 2.05) is 10.6 Å². The molecule has 132 valence electrons. The number of esters is 1. The highest BCUT2D eigenvalue weighted by atomic mass is 16.5. The molecule has 9 heteroatoms. The molecule has 1 fully saturated rings. The summed E-state index contributed by atoms with van der Waals surface area (Å²) in [5.74, 6) is -2.09. The van der Waals surface area contributed by atoms with Crippen LogP contribution in [0.5, 0.6) is 11.5 Å². The van der Waals surface area contributed by atoms with Crippen LogP contribution in [0.25, 0.3) is 6.08 Å². The first kappa shape index (κ1) is 18.0. The molecule has 9 nitrogen and oxygen atoms in total. The van der Waals surface area contributed by atoms with Crippen molar-refractivity contribution in [3.05, 3.63) is 28.8 Å². The lowest BCUT2D eigenvalue weighted by Gasteiger charge is -2.17. The van der Waals surface area contributed by atoms with Crippen molar-refractivity contribution in [2.45, 2.75) is 6.92 Å². The number of carbonyl (C=O) groups is 4. The third kappa shape index (κ3) is 3.60. The number of imide groups is 2. The van der Waals surface area contributed by atoms with Gasteiger partial charge in [-0.1, -0.05) is 6.07 Å². The van der Waals surface area contributed by atoms with E-state index in [0.29, 0.717) is 0 Å². The predicted molar refractivity (Wildman–Crippen MR) is 85.2 cm³/mol. The minimum atomic E-state index is -0.912. The molecule has 1 saturated heterocycles. The first-order valence-electron chi connectivity index (χ1n) is 7.23. The fourth-order valence-corrected chi connectivity index (χ4v) is 2.24.